The number of hydrogen-bond donors (Lipinski definition) is 0. The number of carbonyl (C=O) groups is 1. The molecule has 0 bridgehead atoms. The van der Waals surface area contributed by atoms with Crippen molar-refractivity contribution in [3.8, 4) is 0 Å². The van der Waals surface area contributed by atoms with Gasteiger partial charge >= 0.3 is 5.97 Å². The summed E-state index contributed by atoms with van der Waals surface area (Å²) in [6, 6.07) is 0. The molecule has 0 N–H and O–H groups in total. The molecule has 0 radical (unpaired) electrons. The van der Waals surface area contributed by atoms with E-state index < -0.39 is 10.4 Å². The smallest absolute Gasteiger partial charge is 0.316 e. The van der Waals surface area contributed by atoms with Crippen LogP contribution in [0.3, 0.4) is 0 Å². The summed E-state index contributed by atoms with van der Waals surface area (Å²) in [4.78, 5) is 10.2. The Morgan fingerprint density at radius 3 is 2.78 bits per heavy atom. The summed E-state index contributed by atoms with van der Waals surface area (Å²) in [5, 5.41) is 0. The lowest BCUT2D eigenvalue weighted by Crippen LogP contribution is -2.03. The molecule has 0 unspecified atom stereocenters. The van der Waals surface area contributed by atoms with Crippen molar-refractivity contribution >= 4 is 34.4 Å². The van der Waals surface area contributed by atoms with Crippen LogP contribution in [-0.2, 0) is 9.53 Å². The van der Waals surface area contributed by atoms with E-state index in [9.17, 15) is 9.18 Å². The van der Waals surface area contributed by atoms with Crippen molar-refractivity contribution < 1.29 is 13.9 Å². The van der Waals surface area contributed by atoms with Crippen molar-refractivity contribution in [2.75, 3.05) is 12.9 Å². The van der Waals surface area contributed by atoms with Crippen molar-refractivity contribution in [1.82, 2.24) is 0 Å². The Balaban J connectivity index is 3.28. The summed E-state index contributed by atoms with van der Waals surface area (Å²) in [5.74, 6) is -0.522. The molecule has 0 aromatic carbocycles. The molecule has 0 fully saturated rings. The van der Waals surface area contributed by atoms with Crippen LogP contribution in [0.25, 0.3) is 0 Å². The first-order chi connectivity index (χ1) is 4.16. The van der Waals surface area contributed by atoms with E-state index in [1.807, 2.05) is 0 Å². The first-order valence-electron chi connectivity index (χ1n) is 2.06. The summed E-state index contributed by atoms with van der Waals surface area (Å²) in [6.45, 7) is 0. The van der Waals surface area contributed by atoms with Gasteiger partial charge in [0.1, 0.15) is 0 Å². The topological polar surface area (TPSA) is 26.3 Å². The molecule has 0 aliphatic rings. The zero-order chi connectivity index (χ0) is 7.28. The van der Waals surface area contributed by atoms with E-state index in [2.05, 4.69) is 17.0 Å². The maximum Gasteiger partial charge on any atom is 0.316 e. The molecule has 52 valence electrons. The molecule has 0 aromatic rings. The van der Waals surface area contributed by atoms with E-state index in [0.717, 1.165) is 0 Å². The van der Waals surface area contributed by atoms with Gasteiger partial charge in [0.15, 0.2) is 0 Å². The molecule has 0 saturated carbocycles. The number of thiocarbonyl (C=S) groups is 1. The highest BCUT2D eigenvalue weighted by Gasteiger charge is 2.01. The van der Waals surface area contributed by atoms with Gasteiger partial charge < -0.3 is 4.74 Å². The highest BCUT2D eigenvalue weighted by Crippen LogP contribution is 2.04. The number of carbonyl (C=O) groups excluding carboxylic acids is 1. The second kappa shape index (κ2) is 4.69. The number of thioether (sulfide) groups is 1. The normalized spacial score (nSPS) is 8.67. The van der Waals surface area contributed by atoms with Crippen molar-refractivity contribution in [2.24, 2.45) is 0 Å². The third kappa shape index (κ3) is 5.72. The predicted molar refractivity (Wildman–Crippen MR) is 38.2 cm³/mol. The fourth-order valence-corrected chi connectivity index (χ4v) is 0.701. The molecule has 0 rings (SSSR count). The Morgan fingerprint density at radius 2 is 2.44 bits per heavy atom. The summed E-state index contributed by atoms with van der Waals surface area (Å²) in [6.07, 6.45) is 0. The van der Waals surface area contributed by atoms with Crippen LogP contribution in [0.1, 0.15) is 0 Å². The van der Waals surface area contributed by atoms with Gasteiger partial charge in [-0.3, -0.25) is 4.79 Å². The number of halogens is 1. The van der Waals surface area contributed by atoms with Gasteiger partial charge in [0, 0.05) is 0 Å². The van der Waals surface area contributed by atoms with Gasteiger partial charge in [-0.25, -0.2) is 0 Å². The molecule has 0 heterocycles. The first kappa shape index (κ1) is 8.84. The van der Waals surface area contributed by atoms with Crippen molar-refractivity contribution in [2.45, 2.75) is 0 Å². The van der Waals surface area contributed by atoms with Gasteiger partial charge in [0.2, 0.25) is 4.45 Å². The van der Waals surface area contributed by atoms with Crippen molar-refractivity contribution in [3.05, 3.63) is 0 Å². The second-order valence-electron chi connectivity index (χ2n) is 1.10. The first-order valence-corrected chi connectivity index (χ1v) is 3.45. The Labute approximate surface area is 61.8 Å². The zero-order valence-corrected chi connectivity index (χ0v) is 6.35. The lowest BCUT2D eigenvalue weighted by molar-refractivity contribution is -0.137. The Kier molecular flexibility index (Phi) is 4.61. The monoisotopic (exact) mass is 168 g/mol. The van der Waals surface area contributed by atoms with Crippen LogP contribution in [-0.4, -0.2) is 23.3 Å². The molecule has 0 aliphatic carbocycles. The average Bonchev–Trinajstić information content (AvgIpc) is 1.83. The van der Waals surface area contributed by atoms with Crippen LogP contribution in [0.15, 0.2) is 0 Å². The third-order valence-electron chi connectivity index (χ3n) is 0.531. The second-order valence-corrected chi connectivity index (χ2v) is 2.66. The molecular weight excluding hydrogens is 163 g/mol. The third-order valence-corrected chi connectivity index (χ3v) is 1.49. The molecule has 0 amide bonds. The van der Waals surface area contributed by atoms with E-state index in [1.54, 1.807) is 0 Å². The molecule has 0 spiro atoms. The highest BCUT2D eigenvalue weighted by molar-refractivity contribution is 8.22. The largest absolute Gasteiger partial charge is 0.468 e. The number of esters is 1. The summed E-state index contributed by atoms with van der Waals surface area (Å²) < 4.78 is 15.2. The molecule has 5 heteroatoms. The van der Waals surface area contributed by atoms with Crippen LogP contribution >= 0.6 is 24.0 Å². The average molecular weight is 168 g/mol. The van der Waals surface area contributed by atoms with Gasteiger partial charge in [0.25, 0.3) is 0 Å². The number of ether oxygens (including phenoxy) is 1. The molecule has 0 aliphatic heterocycles. The molecule has 0 atom stereocenters. The molecule has 0 saturated heterocycles. The minimum absolute atomic E-state index is 0.0498. The van der Waals surface area contributed by atoms with Crippen LogP contribution in [0.2, 0.25) is 0 Å². The van der Waals surface area contributed by atoms with Crippen molar-refractivity contribution in [3.63, 3.8) is 0 Å². The standard InChI is InChI=1S/C4H5FO2S2/c1-7-3(6)2-9-4(5)8/h2H2,1H3. The minimum Gasteiger partial charge on any atom is -0.468 e. The molecule has 0 aromatic heterocycles. The summed E-state index contributed by atoms with van der Waals surface area (Å²) >= 11 is 4.70. The predicted octanol–water partition coefficient (Wildman–Crippen LogP) is 1.15. The molecule has 9 heavy (non-hydrogen) atoms. The van der Waals surface area contributed by atoms with Gasteiger partial charge in [-0.15, -0.1) is 0 Å². The minimum atomic E-state index is -0.736. The van der Waals surface area contributed by atoms with Gasteiger partial charge in [-0.1, -0.05) is 11.8 Å². The van der Waals surface area contributed by atoms with Crippen LogP contribution < -0.4 is 0 Å². The SMILES string of the molecule is COC(=O)CSC(F)=S. The Morgan fingerprint density at radius 1 is 1.89 bits per heavy atom. The van der Waals surface area contributed by atoms with Crippen LogP contribution in [0, 0.1) is 0 Å². The maximum absolute atomic E-state index is 11.7. The zero-order valence-electron chi connectivity index (χ0n) is 4.72. The van der Waals surface area contributed by atoms with E-state index in [0.29, 0.717) is 11.8 Å². The van der Waals surface area contributed by atoms with E-state index in [1.165, 1.54) is 7.11 Å². The fraction of sp³-hybridized carbons (Fsp3) is 0.500. The molecular formula is C4H5FO2S2. The van der Waals surface area contributed by atoms with Gasteiger partial charge in [-0.2, -0.15) is 4.39 Å². The van der Waals surface area contributed by atoms with Gasteiger partial charge in [0.05, 0.1) is 12.9 Å². The van der Waals surface area contributed by atoms with Crippen LogP contribution in [0.4, 0.5) is 4.39 Å². The lowest BCUT2D eigenvalue weighted by Gasteiger charge is -1.93. The molecule has 2 nitrogen and oxygen atoms in total. The van der Waals surface area contributed by atoms with E-state index in [-0.39, 0.29) is 5.75 Å². The number of methoxy groups -OCH3 is 1. The summed E-state index contributed by atoms with van der Waals surface area (Å²) in [5.41, 5.74) is 0. The quantitative estimate of drug-likeness (QED) is 0.351. The highest BCUT2D eigenvalue weighted by atomic mass is 32.2. The van der Waals surface area contributed by atoms with Crippen molar-refractivity contribution in [1.29, 1.82) is 0 Å². The fourth-order valence-electron chi connectivity index (χ4n) is 0.175. The Bertz CT molecular complexity index is 126. The van der Waals surface area contributed by atoms with E-state index >= 15 is 0 Å². The van der Waals surface area contributed by atoms with E-state index in [4.69, 9.17) is 0 Å². The number of hydrogen-bond acceptors (Lipinski definition) is 4. The summed E-state index contributed by atoms with van der Waals surface area (Å²) in [7, 11) is 1.24. The Hall–Kier alpha value is -0.160. The van der Waals surface area contributed by atoms with Crippen LogP contribution in [0.5, 0.6) is 0 Å². The maximum atomic E-state index is 11.7. The number of rotatable bonds is 2. The lowest BCUT2D eigenvalue weighted by atomic mass is 10.8. The van der Waals surface area contributed by atoms with Gasteiger partial charge in [-0.05, 0) is 12.2 Å².